The minimum absolute atomic E-state index is 0.294. The first-order chi connectivity index (χ1) is 10.1. The van der Waals surface area contributed by atoms with Gasteiger partial charge in [0.1, 0.15) is 11.9 Å². The number of pyridine rings is 1. The normalized spacial score (nSPS) is 12.6. The molecular weight excluding hydrogens is 312 g/mol. The highest BCUT2D eigenvalue weighted by Gasteiger charge is 2.18. The van der Waals surface area contributed by atoms with Crippen molar-refractivity contribution >= 4 is 34.1 Å². The van der Waals surface area contributed by atoms with Gasteiger partial charge in [0.05, 0.1) is 5.52 Å². The van der Waals surface area contributed by atoms with Crippen molar-refractivity contribution in [3.63, 3.8) is 0 Å². The third-order valence-electron chi connectivity index (χ3n) is 3.29. The van der Waals surface area contributed by atoms with Gasteiger partial charge in [0.25, 0.3) is 0 Å². The highest BCUT2D eigenvalue weighted by atomic mass is 35.5. The number of aromatic nitrogens is 1. The molecule has 106 valence electrons. The minimum atomic E-state index is -1.08. The number of aliphatic hydroxyl groups is 1. The molecule has 2 nitrogen and oxygen atoms in total. The predicted molar refractivity (Wildman–Crippen MR) is 82.2 cm³/mol. The molecule has 1 N–H and O–H groups in total. The van der Waals surface area contributed by atoms with E-state index >= 15 is 0 Å². The lowest BCUT2D eigenvalue weighted by atomic mass is 9.98. The van der Waals surface area contributed by atoms with E-state index in [1.54, 1.807) is 24.4 Å². The first-order valence-corrected chi connectivity index (χ1v) is 6.99. The van der Waals surface area contributed by atoms with Crippen molar-refractivity contribution in [2.45, 2.75) is 6.10 Å². The molecule has 1 heterocycles. The second-order valence-electron chi connectivity index (χ2n) is 4.60. The molecule has 0 fully saturated rings. The highest BCUT2D eigenvalue weighted by molar-refractivity contribution is 6.35. The van der Waals surface area contributed by atoms with E-state index in [2.05, 4.69) is 4.98 Å². The molecule has 3 rings (SSSR count). The monoisotopic (exact) mass is 321 g/mol. The summed E-state index contributed by atoms with van der Waals surface area (Å²) in [6.07, 6.45) is 0.532. The number of rotatable bonds is 2. The zero-order valence-electron chi connectivity index (χ0n) is 10.7. The summed E-state index contributed by atoms with van der Waals surface area (Å²) in [6, 6.07) is 10.8. The van der Waals surface area contributed by atoms with Gasteiger partial charge >= 0.3 is 0 Å². The van der Waals surface area contributed by atoms with E-state index in [-0.39, 0.29) is 0 Å². The Hall–Kier alpha value is -1.68. The van der Waals surface area contributed by atoms with E-state index < -0.39 is 11.9 Å². The van der Waals surface area contributed by atoms with Crippen LogP contribution in [0.2, 0.25) is 10.0 Å². The van der Waals surface area contributed by atoms with E-state index in [0.717, 1.165) is 5.39 Å². The average Bonchev–Trinajstić information content (AvgIpc) is 2.50. The van der Waals surface area contributed by atoms with E-state index in [4.69, 9.17) is 23.2 Å². The number of nitrogens with zero attached hydrogens (tertiary/aromatic N) is 1. The van der Waals surface area contributed by atoms with Crippen LogP contribution < -0.4 is 0 Å². The van der Waals surface area contributed by atoms with Crippen molar-refractivity contribution in [1.82, 2.24) is 4.98 Å². The lowest BCUT2D eigenvalue weighted by Gasteiger charge is -2.15. The molecule has 3 aromatic rings. The zero-order chi connectivity index (χ0) is 15.0. The molecule has 5 heteroatoms. The summed E-state index contributed by atoms with van der Waals surface area (Å²) in [5.74, 6) is -0.459. The van der Waals surface area contributed by atoms with Gasteiger partial charge in [-0.3, -0.25) is 4.98 Å². The standard InChI is InChI=1S/C16H10Cl2FNO/c17-13-6-4-11(15-10(13)2-1-7-20-15)16(21)12-8-9(19)3-5-14(12)18/h1-8,16,21H. The number of aliphatic hydroxyl groups excluding tert-OH is 1. The van der Waals surface area contributed by atoms with E-state index in [1.165, 1.54) is 18.2 Å². The fourth-order valence-corrected chi connectivity index (χ4v) is 2.71. The van der Waals surface area contributed by atoms with Crippen molar-refractivity contribution in [1.29, 1.82) is 0 Å². The Morgan fingerprint density at radius 2 is 1.76 bits per heavy atom. The van der Waals surface area contributed by atoms with Crippen LogP contribution in [0.5, 0.6) is 0 Å². The van der Waals surface area contributed by atoms with Crippen LogP contribution in [0, 0.1) is 5.82 Å². The van der Waals surface area contributed by atoms with Crippen molar-refractivity contribution in [3.8, 4) is 0 Å². The molecule has 21 heavy (non-hydrogen) atoms. The SMILES string of the molecule is OC(c1cc(F)ccc1Cl)c1ccc(Cl)c2cccnc12. The summed E-state index contributed by atoms with van der Waals surface area (Å²) in [5, 5.41) is 12.1. The summed E-state index contributed by atoms with van der Waals surface area (Å²) in [5.41, 5.74) is 1.39. The Bertz CT molecular complexity index is 822. The number of halogens is 3. The highest BCUT2D eigenvalue weighted by Crippen LogP contribution is 2.34. The Balaban J connectivity index is 2.20. The molecule has 2 aromatic carbocycles. The van der Waals surface area contributed by atoms with E-state index in [0.29, 0.717) is 26.7 Å². The van der Waals surface area contributed by atoms with Gasteiger partial charge in [-0.15, -0.1) is 0 Å². The molecule has 0 radical (unpaired) electrons. The molecule has 1 atom stereocenters. The molecule has 0 saturated heterocycles. The van der Waals surface area contributed by atoms with Crippen LogP contribution in [0.4, 0.5) is 4.39 Å². The summed E-state index contributed by atoms with van der Waals surface area (Å²) < 4.78 is 13.4. The van der Waals surface area contributed by atoms with Crippen LogP contribution in [-0.2, 0) is 0 Å². The van der Waals surface area contributed by atoms with Crippen molar-refractivity contribution in [2.75, 3.05) is 0 Å². The second-order valence-corrected chi connectivity index (χ2v) is 5.42. The molecule has 0 amide bonds. The maximum absolute atomic E-state index is 13.4. The lowest BCUT2D eigenvalue weighted by molar-refractivity contribution is 0.221. The second kappa shape index (κ2) is 5.60. The zero-order valence-corrected chi connectivity index (χ0v) is 12.2. The van der Waals surface area contributed by atoms with E-state index in [9.17, 15) is 9.50 Å². The predicted octanol–water partition coefficient (Wildman–Crippen LogP) is 4.76. The third kappa shape index (κ3) is 2.60. The fraction of sp³-hybridized carbons (Fsp3) is 0.0625. The van der Waals surface area contributed by atoms with E-state index in [1.807, 2.05) is 6.07 Å². The molecular formula is C16H10Cl2FNO. The molecule has 0 aliphatic carbocycles. The van der Waals surface area contributed by atoms with Gasteiger partial charge in [0.15, 0.2) is 0 Å². The van der Waals surface area contributed by atoms with Crippen LogP contribution in [0.1, 0.15) is 17.2 Å². The Morgan fingerprint density at radius 3 is 2.57 bits per heavy atom. The lowest BCUT2D eigenvalue weighted by Crippen LogP contribution is -2.03. The van der Waals surface area contributed by atoms with Gasteiger partial charge in [0, 0.05) is 32.8 Å². The van der Waals surface area contributed by atoms with Gasteiger partial charge in [-0.05, 0) is 36.4 Å². The number of hydrogen-bond donors (Lipinski definition) is 1. The van der Waals surface area contributed by atoms with Gasteiger partial charge < -0.3 is 5.11 Å². The summed E-state index contributed by atoms with van der Waals surface area (Å²) >= 11 is 12.2. The largest absolute Gasteiger partial charge is 0.384 e. The van der Waals surface area contributed by atoms with Gasteiger partial charge in [-0.2, -0.15) is 0 Å². The number of fused-ring (bicyclic) bond motifs is 1. The molecule has 0 aliphatic heterocycles. The maximum atomic E-state index is 13.4. The first kappa shape index (κ1) is 14.3. The Morgan fingerprint density at radius 1 is 1.00 bits per heavy atom. The number of benzene rings is 2. The van der Waals surface area contributed by atoms with Crippen LogP contribution in [0.25, 0.3) is 10.9 Å². The Kier molecular flexibility index (Phi) is 3.81. The summed E-state index contributed by atoms with van der Waals surface area (Å²) in [4.78, 5) is 4.26. The fourth-order valence-electron chi connectivity index (χ4n) is 2.27. The molecule has 0 spiro atoms. The summed E-state index contributed by atoms with van der Waals surface area (Å²) in [6.45, 7) is 0. The Labute approximate surface area is 130 Å². The summed E-state index contributed by atoms with van der Waals surface area (Å²) in [7, 11) is 0. The van der Waals surface area contributed by atoms with Crippen molar-refractivity contribution < 1.29 is 9.50 Å². The molecule has 0 bridgehead atoms. The van der Waals surface area contributed by atoms with Crippen molar-refractivity contribution in [2.24, 2.45) is 0 Å². The average molecular weight is 322 g/mol. The first-order valence-electron chi connectivity index (χ1n) is 6.24. The van der Waals surface area contributed by atoms with Gasteiger partial charge in [0.2, 0.25) is 0 Å². The third-order valence-corrected chi connectivity index (χ3v) is 3.97. The topological polar surface area (TPSA) is 33.1 Å². The smallest absolute Gasteiger partial charge is 0.123 e. The maximum Gasteiger partial charge on any atom is 0.123 e. The van der Waals surface area contributed by atoms with Crippen molar-refractivity contribution in [3.05, 3.63) is 75.7 Å². The molecule has 0 saturated carbocycles. The number of hydrogen-bond acceptors (Lipinski definition) is 2. The molecule has 1 unspecified atom stereocenters. The molecule has 1 aromatic heterocycles. The van der Waals surface area contributed by atoms with Crippen LogP contribution >= 0.6 is 23.2 Å². The van der Waals surface area contributed by atoms with Gasteiger partial charge in [-0.25, -0.2) is 4.39 Å². The van der Waals surface area contributed by atoms with Crippen LogP contribution in [0.15, 0.2) is 48.7 Å². The van der Waals surface area contributed by atoms with Crippen LogP contribution in [0.3, 0.4) is 0 Å². The van der Waals surface area contributed by atoms with Gasteiger partial charge in [-0.1, -0.05) is 29.3 Å². The quantitative estimate of drug-likeness (QED) is 0.738. The van der Waals surface area contributed by atoms with Crippen LogP contribution in [-0.4, -0.2) is 10.1 Å². The minimum Gasteiger partial charge on any atom is -0.384 e. The molecule has 0 aliphatic rings.